The summed E-state index contributed by atoms with van der Waals surface area (Å²) >= 11 is 3.05. The Morgan fingerprint density at radius 3 is 2.47 bits per heavy atom. The Hall–Kier alpha value is -1.15. The molecule has 0 aromatic carbocycles. The van der Waals surface area contributed by atoms with Gasteiger partial charge in [0, 0.05) is 24.2 Å². The van der Waals surface area contributed by atoms with E-state index in [1.165, 1.54) is 11.3 Å². The molecule has 5 nitrogen and oxygen atoms in total. The maximum Gasteiger partial charge on any atom is 0.182 e. The quantitative estimate of drug-likeness (QED) is 0.562. The van der Waals surface area contributed by atoms with Crippen LogP contribution in [0.3, 0.4) is 0 Å². The van der Waals surface area contributed by atoms with E-state index in [0.29, 0.717) is 0 Å². The minimum Gasteiger partial charge on any atom is -0.391 e. The van der Waals surface area contributed by atoms with Crippen molar-refractivity contribution in [3.63, 3.8) is 0 Å². The van der Waals surface area contributed by atoms with Crippen molar-refractivity contribution in [3.05, 3.63) is 28.1 Å². The first-order valence-corrected chi connectivity index (χ1v) is 7.68. The Kier molecular flexibility index (Phi) is 5.59. The second-order valence-corrected chi connectivity index (χ2v) is 6.20. The van der Waals surface area contributed by atoms with Crippen LogP contribution >= 0.6 is 22.7 Å². The Labute approximate surface area is 120 Å². The van der Waals surface area contributed by atoms with E-state index < -0.39 is 0 Å². The van der Waals surface area contributed by atoms with Crippen LogP contribution in [0.5, 0.6) is 0 Å². The number of hydrogen-bond acceptors (Lipinski definition) is 7. The minimum absolute atomic E-state index is 0.0481. The summed E-state index contributed by atoms with van der Waals surface area (Å²) in [7, 11) is 0. The molecule has 0 amide bonds. The van der Waals surface area contributed by atoms with E-state index in [2.05, 4.69) is 15.6 Å². The lowest BCUT2D eigenvalue weighted by Crippen LogP contribution is -2.08. The van der Waals surface area contributed by atoms with Gasteiger partial charge < -0.3 is 20.8 Å². The number of aliphatic hydroxyl groups is 2. The van der Waals surface area contributed by atoms with E-state index >= 15 is 0 Å². The van der Waals surface area contributed by atoms with Crippen molar-refractivity contribution in [1.82, 2.24) is 4.98 Å². The van der Waals surface area contributed by atoms with Gasteiger partial charge in [-0.15, -0.1) is 11.3 Å². The highest BCUT2D eigenvalue weighted by atomic mass is 32.1. The van der Waals surface area contributed by atoms with Crippen LogP contribution in [0.25, 0.3) is 0 Å². The molecule has 2 heterocycles. The average Bonchev–Trinajstić information content (AvgIpc) is 3.06. The number of thiophene rings is 1. The van der Waals surface area contributed by atoms with Crippen molar-refractivity contribution in [2.24, 2.45) is 0 Å². The van der Waals surface area contributed by atoms with Crippen LogP contribution < -0.4 is 10.6 Å². The van der Waals surface area contributed by atoms with Gasteiger partial charge in [0.2, 0.25) is 0 Å². The molecule has 2 aromatic rings. The molecular formula is C12H17N3O2S2. The Morgan fingerprint density at radius 2 is 1.79 bits per heavy atom. The molecule has 0 unspecified atom stereocenters. The van der Waals surface area contributed by atoms with E-state index in [1.807, 2.05) is 12.1 Å². The van der Waals surface area contributed by atoms with E-state index in [0.717, 1.165) is 39.4 Å². The first-order valence-electron chi connectivity index (χ1n) is 6.04. The summed E-state index contributed by atoms with van der Waals surface area (Å²) in [6, 6.07) is 3.91. The second-order valence-electron chi connectivity index (χ2n) is 3.92. The molecule has 0 aliphatic heterocycles. The number of thiazole rings is 1. The van der Waals surface area contributed by atoms with Crippen LogP contribution in [0.4, 0.5) is 10.1 Å². The van der Waals surface area contributed by atoms with E-state index in [9.17, 15) is 0 Å². The molecule has 2 rings (SSSR count). The Bertz CT molecular complexity index is 454. The molecule has 0 aliphatic rings. The molecule has 0 fully saturated rings. The summed E-state index contributed by atoms with van der Waals surface area (Å²) in [5, 5.41) is 26.4. The largest absolute Gasteiger partial charge is 0.391 e. The molecule has 0 saturated heterocycles. The molecule has 7 heteroatoms. The summed E-state index contributed by atoms with van der Waals surface area (Å²) in [5.74, 6) is 0. The molecular weight excluding hydrogens is 282 g/mol. The fraction of sp³-hybridized carbons (Fsp3) is 0.417. The van der Waals surface area contributed by atoms with Gasteiger partial charge in [0.1, 0.15) is 0 Å². The van der Waals surface area contributed by atoms with Crippen LogP contribution in [0.2, 0.25) is 0 Å². The summed E-state index contributed by atoms with van der Waals surface area (Å²) < 4.78 is 0. The smallest absolute Gasteiger partial charge is 0.182 e. The van der Waals surface area contributed by atoms with Crippen LogP contribution in [0.1, 0.15) is 16.2 Å². The molecule has 2 aromatic heterocycles. The number of anilines is 2. The van der Waals surface area contributed by atoms with Gasteiger partial charge in [-0.3, -0.25) is 0 Å². The zero-order chi connectivity index (χ0) is 13.5. The standard InChI is InChI=1S/C12H17N3O2S2/c16-7-9-2-3-11(18-9)13-4-1-5-14-12-15-6-10(8-17)19-12/h2-3,6,13,16-17H,1,4-5,7-8H2,(H,14,15). The molecule has 0 atom stereocenters. The van der Waals surface area contributed by atoms with Crippen molar-refractivity contribution in [2.45, 2.75) is 19.6 Å². The number of nitrogens with one attached hydrogen (secondary N) is 2. The molecule has 104 valence electrons. The van der Waals surface area contributed by atoms with E-state index in [4.69, 9.17) is 10.2 Å². The average molecular weight is 299 g/mol. The van der Waals surface area contributed by atoms with Crippen molar-refractivity contribution in [3.8, 4) is 0 Å². The number of aliphatic hydroxyl groups excluding tert-OH is 2. The van der Waals surface area contributed by atoms with Gasteiger partial charge in [-0.1, -0.05) is 11.3 Å². The number of aromatic nitrogens is 1. The molecule has 0 saturated carbocycles. The Balaban J connectivity index is 1.61. The first-order chi connectivity index (χ1) is 9.31. The molecule has 19 heavy (non-hydrogen) atoms. The van der Waals surface area contributed by atoms with Crippen molar-refractivity contribution < 1.29 is 10.2 Å². The van der Waals surface area contributed by atoms with E-state index in [-0.39, 0.29) is 13.2 Å². The third kappa shape index (κ3) is 4.46. The number of nitrogens with zero attached hydrogens (tertiary/aromatic N) is 1. The zero-order valence-corrected chi connectivity index (χ0v) is 12.1. The summed E-state index contributed by atoms with van der Waals surface area (Å²) in [6.45, 7) is 1.86. The summed E-state index contributed by atoms with van der Waals surface area (Å²) in [6.07, 6.45) is 2.66. The fourth-order valence-corrected chi connectivity index (χ4v) is 3.01. The van der Waals surface area contributed by atoms with Gasteiger partial charge in [0.05, 0.1) is 23.1 Å². The monoisotopic (exact) mass is 299 g/mol. The summed E-state index contributed by atoms with van der Waals surface area (Å²) in [5.41, 5.74) is 0. The molecule has 0 radical (unpaired) electrons. The lowest BCUT2D eigenvalue weighted by atomic mass is 10.4. The Morgan fingerprint density at radius 1 is 1.00 bits per heavy atom. The maximum atomic E-state index is 8.96. The highest BCUT2D eigenvalue weighted by molar-refractivity contribution is 7.16. The maximum absolute atomic E-state index is 8.96. The first kappa shape index (κ1) is 14.3. The molecule has 0 bridgehead atoms. The molecule has 4 N–H and O–H groups in total. The second kappa shape index (κ2) is 7.44. The predicted octanol–water partition coefficient (Wildman–Crippen LogP) is 2.10. The lowest BCUT2D eigenvalue weighted by Gasteiger charge is -2.04. The van der Waals surface area contributed by atoms with Crippen molar-refractivity contribution in [1.29, 1.82) is 0 Å². The van der Waals surface area contributed by atoms with Gasteiger partial charge in [0.15, 0.2) is 5.13 Å². The number of rotatable bonds is 8. The highest BCUT2D eigenvalue weighted by Crippen LogP contribution is 2.21. The zero-order valence-electron chi connectivity index (χ0n) is 10.4. The van der Waals surface area contributed by atoms with E-state index in [1.54, 1.807) is 17.5 Å². The van der Waals surface area contributed by atoms with Gasteiger partial charge in [-0.05, 0) is 18.6 Å². The third-order valence-electron chi connectivity index (χ3n) is 2.46. The number of hydrogen-bond donors (Lipinski definition) is 4. The van der Waals surface area contributed by atoms with Crippen LogP contribution in [0.15, 0.2) is 18.3 Å². The van der Waals surface area contributed by atoms with Gasteiger partial charge in [0.25, 0.3) is 0 Å². The van der Waals surface area contributed by atoms with Gasteiger partial charge >= 0.3 is 0 Å². The van der Waals surface area contributed by atoms with Gasteiger partial charge in [-0.2, -0.15) is 0 Å². The van der Waals surface area contributed by atoms with Crippen LogP contribution in [-0.4, -0.2) is 28.3 Å². The summed E-state index contributed by atoms with van der Waals surface area (Å²) in [4.78, 5) is 6.00. The predicted molar refractivity (Wildman–Crippen MR) is 79.9 cm³/mol. The third-order valence-corrected chi connectivity index (χ3v) is 4.42. The van der Waals surface area contributed by atoms with Crippen molar-refractivity contribution >= 4 is 32.8 Å². The molecule has 0 aliphatic carbocycles. The topological polar surface area (TPSA) is 77.4 Å². The lowest BCUT2D eigenvalue weighted by molar-refractivity contribution is 0.285. The van der Waals surface area contributed by atoms with Crippen LogP contribution in [0, 0.1) is 0 Å². The highest BCUT2D eigenvalue weighted by Gasteiger charge is 2.00. The minimum atomic E-state index is 0.0481. The fourth-order valence-electron chi connectivity index (χ4n) is 1.52. The normalized spacial score (nSPS) is 10.6. The van der Waals surface area contributed by atoms with Gasteiger partial charge in [-0.25, -0.2) is 4.98 Å². The SMILES string of the molecule is OCc1ccc(NCCCNc2ncc(CO)s2)s1. The van der Waals surface area contributed by atoms with Crippen molar-refractivity contribution in [2.75, 3.05) is 23.7 Å². The van der Waals surface area contributed by atoms with Crippen LogP contribution in [-0.2, 0) is 13.2 Å². The molecule has 0 spiro atoms.